The summed E-state index contributed by atoms with van der Waals surface area (Å²) in [5.74, 6) is -1.08. The van der Waals surface area contributed by atoms with Crippen molar-refractivity contribution in [1.29, 1.82) is 0 Å². The van der Waals surface area contributed by atoms with Gasteiger partial charge in [0.1, 0.15) is 31.6 Å². The molecule has 4 rings (SSSR count). The molecule has 0 radical (unpaired) electrons. The van der Waals surface area contributed by atoms with Gasteiger partial charge < -0.3 is 19.7 Å². The van der Waals surface area contributed by atoms with E-state index < -0.39 is 40.2 Å². The molecule has 2 amide bonds. The van der Waals surface area contributed by atoms with E-state index in [-0.39, 0.29) is 52.0 Å². The third-order valence-electron chi connectivity index (χ3n) is 6.70. The fourth-order valence-corrected chi connectivity index (χ4v) is 6.55. The van der Waals surface area contributed by atoms with Crippen molar-refractivity contribution in [3.8, 4) is 11.5 Å². The lowest BCUT2D eigenvalue weighted by atomic mass is 10.1. The number of sulfonamides is 1. The average Bonchev–Trinajstić information content (AvgIpc) is 2.97. The van der Waals surface area contributed by atoms with E-state index in [1.165, 1.54) is 35.2 Å². The quantitative estimate of drug-likeness (QED) is 0.296. The predicted octanol–water partition coefficient (Wildman–Crippen LogP) is 5.43. The Morgan fingerprint density at radius 3 is 2.21 bits per heavy atom. The minimum atomic E-state index is -4.41. The summed E-state index contributed by atoms with van der Waals surface area (Å²) in [6, 6.07) is 12.5. The first kappa shape index (κ1) is 32.4. The van der Waals surface area contributed by atoms with E-state index in [1.807, 2.05) is 0 Å². The third kappa shape index (κ3) is 7.52. The third-order valence-corrected chi connectivity index (χ3v) is 9.18. The van der Waals surface area contributed by atoms with Crippen LogP contribution in [0.15, 0.2) is 65.6 Å². The Kier molecular flexibility index (Phi) is 10.4. The number of nitrogens with one attached hydrogen (secondary N) is 1. The fourth-order valence-electron chi connectivity index (χ4n) is 4.60. The molecule has 0 aromatic heterocycles. The Balaban J connectivity index is 1.77. The van der Waals surface area contributed by atoms with E-state index in [4.69, 9.17) is 32.7 Å². The summed E-state index contributed by atoms with van der Waals surface area (Å²) in [6.07, 6.45) is 0.220. The molecule has 0 unspecified atom stereocenters. The van der Waals surface area contributed by atoms with Gasteiger partial charge in [-0.3, -0.25) is 13.9 Å². The monoisotopic (exact) mass is 651 g/mol. The van der Waals surface area contributed by atoms with Gasteiger partial charge in [0.15, 0.2) is 11.5 Å². The first-order chi connectivity index (χ1) is 20.4. The van der Waals surface area contributed by atoms with Crippen LogP contribution < -0.4 is 19.1 Å². The van der Waals surface area contributed by atoms with Gasteiger partial charge in [-0.25, -0.2) is 12.8 Å². The number of anilines is 1. The maximum atomic E-state index is 14.2. The number of fused-ring (bicyclic) bond motifs is 1. The Bertz CT molecular complexity index is 1570. The molecule has 9 nitrogen and oxygen atoms in total. The van der Waals surface area contributed by atoms with E-state index in [2.05, 4.69) is 5.32 Å². The molecule has 13 heteroatoms. The van der Waals surface area contributed by atoms with E-state index in [1.54, 1.807) is 39.0 Å². The number of halogens is 3. The molecular formula is C30H32Cl2FN3O6S. The van der Waals surface area contributed by atoms with Gasteiger partial charge in [0.2, 0.25) is 11.8 Å². The Hall–Kier alpha value is -3.54. The van der Waals surface area contributed by atoms with Crippen LogP contribution in [0.4, 0.5) is 10.1 Å². The van der Waals surface area contributed by atoms with Gasteiger partial charge in [0.25, 0.3) is 10.0 Å². The van der Waals surface area contributed by atoms with Crippen LogP contribution in [0.1, 0.15) is 32.8 Å². The van der Waals surface area contributed by atoms with Crippen LogP contribution in [0.5, 0.6) is 11.5 Å². The number of ether oxygens (including phenoxy) is 2. The highest BCUT2D eigenvalue weighted by molar-refractivity contribution is 7.92. The predicted molar refractivity (Wildman–Crippen MR) is 163 cm³/mol. The second-order valence-electron chi connectivity index (χ2n) is 10.1. The lowest BCUT2D eigenvalue weighted by Crippen LogP contribution is -2.53. The second-order valence-corrected chi connectivity index (χ2v) is 12.8. The zero-order chi connectivity index (χ0) is 31.3. The van der Waals surface area contributed by atoms with Crippen LogP contribution in [0, 0.1) is 5.82 Å². The molecule has 230 valence electrons. The fraction of sp³-hybridized carbons (Fsp3) is 0.333. The van der Waals surface area contributed by atoms with Crippen molar-refractivity contribution in [3.05, 3.63) is 82.1 Å². The molecule has 43 heavy (non-hydrogen) atoms. The summed E-state index contributed by atoms with van der Waals surface area (Å²) in [5, 5.41) is 3.38. The molecule has 3 aromatic rings. The van der Waals surface area contributed by atoms with Crippen LogP contribution in [0.2, 0.25) is 10.0 Å². The lowest BCUT2D eigenvalue weighted by Gasteiger charge is -2.34. The molecule has 0 fully saturated rings. The molecule has 3 aromatic carbocycles. The standard InChI is InChI=1S/C30H32Cl2FN3O6S/c1-4-26(30(38)34-19(2)3)35(17-23-24(31)6-5-7-25(23)32)29(37)18-36(21-10-8-20(33)9-11-21)43(39,40)22-12-13-27-28(16-22)42-15-14-41-27/h5-13,16,19,26H,4,14-15,17-18H2,1-3H3,(H,34,38)/t26-/m1/s1. The Labute approximate surface area is 260 Å². The van der Waals surface area contributed by atoms with Crippen molar-refractivity contribution in [2.75, 3.05) is 24.1 Å². The molecule has 1 aliphatic rings. The van der Waals surface area contributed by atoms with Gasteiger partial charge in [0.05, 0.1) is 10.6 Å². The highest BCUT2D eigenvalue weighted by atomic mass is 35.5. The van der Waals surface area contributed by atoms with Gasteiger partial charge in [-0.05, 0) is 68.8 Å². The maximum absolute atomic E-state index is 14.2. The first-order valence-corrected chi connectivity index (χ1v) is 15.8. The summed E-state index contributed by atoms with van der Waals surface area (Å²) in [6.45, 7) is 5.01. The molecule has 1 aliphatic heterocycles. The number of carbonyl (C=O) groups excluding carboxylic acids is 2. The smallest absolute Gasteiger partial charge is 0.264 e. The van der Waals surface area contributed by atoms with Gasteiger partial charge >= 0.3 is 0 Å². The van der Waals surface area contributed by atoms with Crippen LogP contribution in [-0.2, 0) is 26.2 Å². The van der Waals surface area contributed by atoms with Gasteiger partial charge in [0, 0.05) is 34.3 Å². The number of benzene rings is 3. The largest absolute Gasteiger partial charge is 0.486 e. The van der Waals surface area contributed by atoms with Gasteiger partial charge in [-0.15, -0.1) is 0 Å². The van der Waals surface area contributed by atoms with Crippen molar-refractivity contribution in [3.63, 3.8) is 0 Å². The number of amides is 2. The molecule has 1 atom stereocenters. The number of carbonyl (C=O) groups is 2. The first-order valence-electron chi connectivity index (χ1n) is 13.6. The summed E-state index contributed by atoms with van der Waals surface area (Å²) >= 11 is 12.9. The van der Waals surface area contributed by atoms with E-state index in [9.17, 15) is 22.4 Å². The second kappa shape index (κ2) is 13.8. The molecule has 1 heterocycles. The van der Waals surface area contributed by atoms with Gasteiger partial charge in [-0.1, -0.05) is 36.2 Å². The SMILES string of the molecule is CC[C@H](C(=O)NC(C)C)N(Cc1c(Cl)cccc1Cl)C(=O)CN(c1ccc(F)cc1)S(=O)(=O)c1ccc2c(c1)OCCO2. The highest BCUT2D eigenvalue weighted by Crippen LogP contribution is 2.35. The molecule has 0 aliphatic carbocycles. The molecule has 0 spiro atoms. The topological polar surface area (TPSA) is 105 Å². The maximum Gasteiger partial charge on any atom is 0.264 e. The Morgan fingerprint density at radius 2 is 1.60 bits per heavy atom. The van der Waals surface area contributed by atoms with Crippen molar-refractivity contribution in [2.45, 2.75) is 50.7 Å². The average molecular weight is 653 g/mol. The number of rotatable bonds is 11. The zero-order valence-corrected chi connectivity index (χ0v) is 26.2. The molecule has 0 saturated carbocycles. The minimum Gasteiger partial charge on any atom is -0.486 e. The van der Waals surface area contributed by atoms with Crippen LogP contribution in [-0.4, -0.2) is 57.0 Å². The highest BCUT2D eigenvalue weighted by Gasteiger charge is 2.35. The van der Waals surface area contributed by atoms with E-state index >= 15 is 0 Å². The molecule has 1 N–H and O–H groups in total. The minimum absolute atomic E-state index is 0.0417. The normalized spacial score (nSPS) is 13.4. The molecular weight excluding hydrogens is 620 g/mol. The van der Waals surface area contributed by atoms with E-state index in [0.29, 0.717) is 17.9 Å². The molecule has 0 saturated heterocycles. The van der Waals surface area contributed by atoms with Crippen LogP contribution in [0.25, 0.3) is 0 Å². The van der Waals surface area contributed by atoms with Crippen molar-refractivity contribution in [1.82, 2.24) is 10.2 Å². The number of hydrogen-bond acceptors (Lipinski definition) is 6. The summed E-state index contributed by atoms with van der Waals surface area (Å²) in [5.41, 5.74) is 0.443. The zero-order valence-electron chi connectivity index (χ0n) is 23.8. The van der Waals surface area contributed by atoms with E-state index in [0.717, 1.165) is 16.4 Å². The van der Waals surface area contributed by atoms with Crippen molar-refractivity contribution in [2.24, 2.45) is 0 Å². The summed E-state index contributed by atoms with van der Waals surface area (Å²) in [4.78, 5) is 28.5. The number of nitrogens with zero attached hydrogens (tertiary/aromatic N) is 2. The van der Waals surface area contributed by atoms with Crippen molar-refractivity contribution < 1.29 is 31.9 Å². The van der Waals surface area contributed by atoms with Gasteiger partial charge in [-0.2, -0.15) is 0 Å². The van der Waals surface area contributed by atoms with Crippen molar-refractivity contribution >= 4 is 50.7 Å². The van der Waals surface area contributed by atoms with Crippen LogP contribution >= 0.6 is 23.2 Å². The summed E-state index contributed by atoms with van der Waals surface area (Å²) < 4.78 is 54.0. The van der Waals surface area contributed by atoms with Crippen LogP contribution in [0.3, 0.4) is 0 Å². The Morgan fingerprint density at radius 1 is 0.977 bits per heavy atom. The lowest BCUT2D eigenvalue weighted by molar-refractivity contribution is -0.140. The number of hydrogen-bond donors (Lipinski definition) is 1. The summed E-state index contributed by atoms with van der Waals surface area (Å²) in [7, 11) is -4.41. The molecule has 0 bridgehead atoms.